The third kappa shape index (κ3) is 4.67. The lowest BCUT2D eigenvalue weighted by Gasteiger charge is -2.19. The second-order valence-electron chi connectivity index (χ2n) is 5.78. The first-order valence-corrected chi connectivity index (χ1v) is 7.42. The van der Waals surface area contributed by atoms with Crippen molar-refractivity contribution in [3.05, 3.63) is 46.0 Å². The summed E-state index contributed by atoms with van der Waals surface area (Å²) in [5.41, 5.74) is 0.665. The van der Waals surface area contributed by atoms with Crippen molar-refractivity contribution in [2.24, 2.45) is 5.41 Å². The van der Waals surface area contributed by atoms with E-state index in [1.807, 2.05) is 38.1 Å². The molecule has 6 heteroatoms. The number of carboxylic acids is 1. The molecule has 0 saturated carbocycles. The van der Waals surface area contributed by atoms with Gasteiger partial charge in [-0.3, -0.25) is 4.79 Å². The van der Waals surface area contributed by atoms with Crippen molar-refractivity contribution >= 4 is 21.9 Å². The van der Waals surface area contributed by atoms with Crippen LogP contribution >= 0.6 is 15.9 Å². The van der Waals surface area contributed by atoms with Gasteiger partial charge in [0.05, 0.1) is 6.42 Å². The van der Waals surface area contributed by atoms with Gasteiger partial charge in [0, 0.05) is 17.3 Å². The molecular weight excluding hydrogens is 336 g/mol. The highest BCUT2D eigenvalue weighted by Crippen LogP contribution is 2.25. The summed E-state index contributed by atoms with van der Waals surface area (Å²) in [6.45, 7) is 3.75. The average Bonchev–Trinajstić information content (AvgIpc) is 2.77. The minimum atomic E-state index is -0.826. The van der Waals surface area contributed by atoms with E-state index in [0.717, 1.165) is 10.0 Å². The Hall–Kier alpha value is -1.69. The first-order chi connectivity index (χ1) is 9.85. The second kappa shape index (κ2) is 6.39. The number of nitrogens with zero attached hydrogens (tertiary/aromatic N) is 2. The van der Waals surface area contributed by atoms with Crippen LogP contribution in [0, 0.1) is 5.41 Å². The van der Waals surface area contributed by atoms with Crippen molar-refractivity contribution < 1.29 is 14.4 Å². The second-order valence-corrected chi connectivity index (χ2v) is 6.64. The van der Waals surface area contributed by atoms with Crippen molar-refractivity contribution in [3.63, 3.8) is 0 Å². The van der Waals surface area contributed by atoms with Gasteiger partial charge in [0.2, 0.25) is 5.89 Å². The van der Waals surface area contributed by atoms with Gasteiger partial charge in [-0.05, 0) is 17.0 Å². The largest absolute Gasteiger partial charge is 0.481 e. The predicted molar refractivity (Wildman–Crippen MR) is 81.0 cm³/mol. The quantitative estimate of drug-likeness (QED) is 0.861. The minimum Gasteiger partial charge on any atom is -0.481 e. The van der Waals surface area contributed by atoms with Gasteiger partial charge >= 0.3 is 5.97 Å². The van der Waals surface area contributed by atoms with Crippen LogP contribution in [0.4, 0.5) is 0 Å². The number of carbonyl (C=O) groups is 1. The molecule has 0 atom stereocenters. The van der Waals surface area contributed by atoms with E-state index in [2.05, 4.69) is 26.1 Å². The maximum atomic E-state index is 10.8. The number of carboxylic acid groups (broad SMARTS) is 1. The molecule has 0 amide bonds. The van der Waals surface area contributed by atoms with E-state index < -0.39 is 11.4 Å². The van der Waals surface area contributed by atoms with Crippen LogP contribution in [0.3, 0.4) is 0 Å². The highest BCUT2D eigenvalue weighted by atomic mass is 79.9. The third-order valence-corrected chi connectivity index (χ3v) is 3.85. The number of hydrogen-bond acceptors (Lipinski definition) is 4. The van der Waals surface area contributed by atoms with Gasteiger partial charge in [0.15, 0.2) is 5.82 Å². The number of aliphatic carboxylic acids is 1. The van der Waals surface area contributed by atoms with Crippen LogP contribution in [0.5, 0.6) is 0 Å². The van der Waals surface area contributed by atoms with Crippen molar-refractivity contribution in [3.8, 4) is 0 Å². The predicted octanol–water partition coefficient (Wildman–Crippen LogP) is 3.47. The van der Waals surface area contributed by atoms with Gasteiger partial charge < -0.3 is 9.63 Å². The molecule has 5 nitrogen and oxygen atoms in total. The summed E-state index contributed by atoms with van der Waals surface area (Å²) in [5, 5.41) is 12.8. The maximum Gasteiger partial charge on any atom is 0.303 e. The summed E-state index contributed by atoms with van der Waals surface area (Å²) in [5.74, 6) is 0.249. The zero-order chi connectivity index (χ0) is 15.5. The highest BCUT2D eigenvalue weighted by molar-refractivity contribution is 9.10. The summed E-state index contributed by atoms with van der Waals surface area (Å²) in [6, 6.07) is 7.86. The first kappa shape index (κ1) is 15.7. The summed E-state index contributed by atoms with van der Waals surface area (Å²) in [6.07, 6.45) is 1.08. The molecule has 0 spiro atoms. The molecule has 0 aliphatic heterocycles. The average molecular weight is 353 g/mol. The summed E-state index contributed by atoms with van der Waals surface area (Å²) >= 11 is 3.49. The summed E-state index contributed by atoms with van der Waals surface area (Å²) in [7, 11) is 0. The fraction of sp³-hybridized carbons (Fsp3) is 0.400. The Morgan fingerprint density at radius 3 is 2.76 bits per heavy atom. The number of rotatable bonds is 6. The first-order valence-electron chi connectivity index (χ1n) is 6.62. The van der Waals surface area contributed by atoms with Crippen LogP contribution in [0.15, 0.2) is 33.3 Å². The number of halogens is 1. The Balaban J connectivity index is 2.05. The van der Waals surface area contributed by atoms with E-state index >= 15 is 0 Å². The van der Waals surface area contributed by atoms with Crippen molar-refractivity contribution in [1.29, 1.82) is 0 Å². The fourth-order valence-corrected chi connectivity index (χ4v) is 2.55. The lowest BCUT2D eigenvalue weighted by molar-refractivity contribution is -0.139. The normalized spacial score (nSPS) is 11.6. The molecule has 112 valence electrons. The van der Waals surface area contributed by atoms with Gasteiger partial charge in [-0.1, -0.05) is 53.1 Å². The zero-order valence-corrected chi connectivity index (χ0v) is 13.6. The Morgan fingerprint density at radius 2 is 2.10 bits per heavy atom. The van der Waals surface area contributed by atoms with E-state index in [4.69, 9.17) is 9.63 Å². The standard InChI is InChI=1S/C15H17BrN2O3/c1-15(2,9-14(19)20)8-13-17-12(18-21-13)7-10-5-3-4-6-11(10)16/h3-6H,7-9H2,1-2H3,(H,19,20). The Labute approximate surface area is 131 Å². The molecule has 0 fully saturated rings. The zero-order valence-electron chi connectivity index (χ0n) is 12.0. The summed E-state index contributed by atoms with van der Waals surface area (Å²) < 4.78 is 6.23. The molecule has 0 bridgehead atoms. The van der Waals surface area contributed by atoms with E-state index in [-0.39, 0.29) is 6.42 Å². The summed E-state index contributed by atoms with van der Waals surface area (Å²) in [4.78, 5) is 15.2. The topological polar surface area (TPSA) is 76.2 Å². The van der Waals surface area contributed by atoms with Crippen LogP contribution in [0.1, 0.15) is 37.5 Å². The SMILES string of the molecule is CC(C)(CC(=O)O)Cc1nc(Cc2ccccc2Br)no1. The van der Waals surface area contributed by atoms with Gasteiger partial charge in [0.1, 0.15) is 0 Å². The van der Waals surface area contributed by atoms with Crippen LogP contribution in [0.25, 0.3) is 0 Å². The number of hydrogen-bond donors (Lipinski definition) is 1. The number of benzene rings is 1. The lowest BCUT2D eigenvalue weighted by atomic mass is 9.86. The molecule has 0 radical (unpaired) electrons. The molecule has 0 aliphatic rings. The van der Waals surface area contributed by atoms with Crippen LogP contribution < -0.4 is 0 Å². The monoisotopic (exact) mass is 352 g/mol. The molecule has 1 N–H and O–H groups in total. The fourth-order valence-electron chi connectivity index (χ4n) is 2.13. The number of aromatic nitrogens is 2. The molecule has 0 saturated heterocycles. The van der Waals surface area contributed by atoms with E-state index in [9.17, 15) is 4.79 Å². The van der Waals surface area contributed by atoms with E-state index in [1.54, 1.807) is 0 Å². The van der Waals surface area contributed by atoms with Crippen LogP contribution in [-0.4, -0.2) is 21.2 Å². The van der Waals surface area contributed by atoms with E-state index in [1.165, 1.54) is 0 Å². The van der Waals surface area contributed by atoms with Crippen molar-refractivity contribution in [1.82, 2.24) is 10.1 Å². The molecule has 1 aromatic carbocycles. The third-order valence-electron chi connectivity index (χ3n) is 3.08. The van der Waals surface area contributed by atoms with Gasteiger partial charge in [-0.2, -0.15) is 4.98 Å². The van der Waals surface area contributed by atoms with Crippen molar-refractivity contribution in [2.45, 2.75) is 33.1 Å². The van der Waals surface area contributed by atoms with Gasteiger partial charge in [-0.25, -0.2) is 0 Å². The lowest BCUT2D eigenvalue weighted by Crippen LogP contribution is -2.19. The minimum absolute atomic E-state index is 0.0644. The molecule has 0 unspecified atom stereocenters. The Kier molecular flexibility index (Phi) is 4.77. The molecule has 0 aliphatic carbocycles. The van der Waals surface area contributed by atoms with Gasteiger partial charge in [-0.15, -0.1) is 0 Å². The molecule has 21 heavy (non-hydrogen) atoms. The van der Waals surface area contributed by atoms with Crippen LogP contribution in [0.2, 0.25) is 0 Å². The highest BCUT2D eigenvalue weighted by Gasteiger charge is 2.25. The van der Waals surface area contributed by atoms with Crippen LogP contribution in [-0.2, 0) is 17.6 Å². The smallest absolute Gasteiger partial charge is 0.303 e. The molecule has 1 aromatic heterocycles. The Bertz CT molecular complexity index is 637. The molecular formula is C15H17BrN2O3. The molecule has 1 heterocycles. The van der Waals surface area contributed by atoms with Crippen molar-refractivity contribution in [2.75, 3.05) is 0 Å². The maximum absolute atomic E-state index is 10.8. The molecule has 2 aromatic rings. The molecule has 2 rings (SSSR count). The van der Waals surface area contributed by atoms with Gasteiger partial charge in [0.25, 0.3) is 0 Å². The Morgan fingerprint density at radius 1 is 1.38 bits per heavy atom. The van der Waals surface area contributed by atoms with E-state index in [0.29, 0.717) is 24.6 Å².